The molecule has 5 heteroatoms. The molecular formula is C12H18N4O. The Morgan fingerprint density at radius 2 is 2.18 bits per heavy atom. The summed E-state index contributed by atoms with van der Waals surface area (Å²) in [6.45, 7) is 2.11. The van der Waals surface area contributed by atoms with Crippen LogP contribution in [-0.4, -0.2) is 37.1 Å². The molecule has 1 saturated heterocycles. The molecule has 2 heterocycles. The molecule has 92 valence electrons. The van der Waals surface area contributed by atoms with E-state index < -0.39 is 0 Å². The van der Waals surface area contributed by atoms with Crippen molar-refractivity contribution in [2.24, 2.45) is 0 Å². The van der Waals surface area contributed by atoms with E-state index in [2.05, 4.69) is 20.9 Å². The number of carbonyl (C=O) groups excluding carboxylic acids is 1. The second kappa shape index (κ2) is 5.63. The van der Waals surface area contributed by atoms with Crippen LogP contribution in [0.5, 0.6) is 0 Å². The summed E-state index contributed by atoms with van der Waals surface area (Å²) in [5.74, 6) is -0.154. The van der Waals surface area contributed by atoms with Gasteiger partial charge in [0.2, 0.25) is 0 Å². The maximum Gasteiger partial charge on any atom is 0.269 e. The van der Waals surface area contributed by atoms with Crippen LogP contribution in [-0.2, 0) is 0 Å². The summed E-state index contributed by atoms with van der Waals surface area (Å²) in [5, 5.41) is 9.31. The SMILES string of the molecule is CNC(=O)c1ccc(NC2CCNCC2)cn1. The summed E-state index contributed by atoms with van der Waals surface area (Å²) in [6, 6.07) is 4.14. The van der Waals surface area contributed by atoms with Gasteiger partial charge in [-0.2, -0.15) is 0 Å². The number of rotatable bonds is 3. The highest BCUT2D eigenvalue weighted by Crippen LogP contribution is 2.12. The van der Waals surface area contributed by atoms with Crippen LogP contribution in [0, 0.1) is 0 Å². The van der Waals surface area contributed by atoms with E-state index in [4.69, 9.17) is 0 Å². The first kappa shape index (κ1) is 11.9. The van der Waals surface area contributed by atoms with Crippen molar-refractivity contribution in [3.05, 3.63) is 24.0 Å². The summed E-state index contributed by atoms with van der Waals surface area (Å²) in [6.07, 6.45) is 3.96. The molecule has 1 aromatic heterocycles. The highest BCUT2D eigenvalue weighted by molar-refractivity contribution is 5.92. The molecule has 1 fully saturated rings. The maximum absolute atomic E-state index is 11.3. The largest absolute Gasteiger partial charge is 0.381 e. The Kier molecular flexibility index (Phi) is 3.93. The van der Waals surface area contributed by atoms with Crippen molar-refractivity contribution in [1.82, 2.24) is 15.6 Å². The molecule has 0 radical (unpaired) electrons. The van der Waals surface area contributed by atoms with Crippen LogP contribution >= 0.6 is 0 Å². The van der Waals surface area contributed by atoms with Crippen molar-refractivity contribution < 1.29 is 4.79 Å². The predicted molar refractivity (Wildman–Crippen MR) is 67.1 cm³/mol. The molecule has 5 nitrogen and oxygen atoms in total. The maximum atomic E-state index is 11.3. The van der Waals surface area contributed by atoms with Gasteiger partial charge in [-0.15, -0.1) is 0 Å². The smallest absolute Gasteiger partial charge is 0.269 e. The summed E-state index contributed by atoms with van der Waals surface area (Å²) in [7, 11) is 1.60. The van der Waals surface area contributed by atoms with Gasteiger partial charge in [-0.25, -0.2) is 4.98 Å². The molecule has 17 heavy (non-hydrogen) atoms. The Morgan fingerprint density at radius 1 is 1.41 bits per heavy atom. The number of aromatic nitrogens is 1. The van der Waals surface area contributed by atoms with Crippen LogP contribution in [0.2, 0.25) is 0 Å². The van der Waals surface area contributed by atoms with Crippen molar-refractivity contribution in [3.8, 4) is 0 Å². The number of carbonyl (C=O) groups is 1. The van der Waals surface area contributed by atoms with Gasteiger partial charge in [0, 0.05) is 13.1 Å². The van der Waals surface area contributed by atoms with Gasteiger partial charge in [-0.05, 0) is 38.1 Å². The average molecular weight is 234 g/mol. The fourth-order valence-corrected chi connectivity index (χ4v) is 1.94. The van der Waals surface area contributed by atoms with Gasteiger partial charge in [-0.3, -0.25) is 4.79 Å². The molecule has 1 amide bonds. The first-order valence-electron chi connectivity index (χ1n) is 5.95. The number of hydrogen-bond acceptors (Lipinski definition) is 4. The lowest BCUT2D eigenvalue weighted by Gasteiger charge is -2.24. The zero-order chi connectivity index (χ0) is 12.1. The topological polar surface area (TPSA) is 66.1 Å². The van der Waals surface area contributed by atoms with Gasteiger partial charge >= 0.3 is 0 Å². The monoisotopic (exact) mass is 234 g/mol. The minimum atomic E-state index is -0.154. The van der Waals surface area contributed by atoms with Crippen LogP contribution in [0.4, 0.5) is 5.69 Å². The molecule has 0 spiro atoms. The van der Waals surface area contributed by atoms with E-state index in [0.29, 0.717) is 11.7 Å². The fourth-order valence-electron chi connectivity index (χ4n) is 1.94. The second-order valence-electron chi connectivity index (χ2n) is 4.18. The van der Waals surface area contributed by atoms with Crippen LogP contribution < -0.4 is 16.0 Å². The first-order valence-corrected chi connectivity index (χ1v) is 5.95. The standard InChI is InChI=1S/C12H18N4O/c1-13-12(17)11-3-2-10(8-15-11)16-9-4-6-14-7-5-9/h2-3,8-9,14,16H,4-7H2,1H3,(H,13,17). The lowest BCUT2D eigenvalue weighted by molar-refractivity contribution is 0.0958. The van der Waals surface area contributed by atoms with Crippen LogP contribution in [0.25, 0.3) is 0 Å². The van der Waals surface area contributed by atoms with Crippen LogP contribution in [0.15, 0.2) is 18.3 Å². The molecule has 0 atom stereocenters. The van der Waals surface area contributed by atoms with Gasteiger partial charge in [0.25, 0.3) is 5.91 Å². The molecular weight excluding hydrogens is 216 g/mol. The van der Waals surface area contributed by atoms with E-state index in [1.54, 1.807) is 19.3 Å². The van der Waals surface area contributed by atoms with E-state index in [-0.39, 0.29) is 5.91 Å². The van der Waals surface area contributed by atoms with Crippen molar-refractivity contribution in [2.75, 3.05) is 25.5 Å². The molecule has 1 aliphatic rings. The van der Waals surface area contributed by atoms with Gasteiger partial charge in [-0.1, -0.05) is 0 Å². The van der Waals surface area contributed by atoms with Gasteiger partial charge in [0.15, 0.2) is 0 Å². The second-order valence-corrected chi connectivity index (χ2v) is 4.18. The molecule has 0 unspecified atom stereocenters. The zero-order valence-corrected chi connectivity index (χ0v) is 9.99. The van der Waals surface area contributed by atoms with Crippen LogP contribution in [0.1, 0.15) is 23.3 Å². The first-order chi connectivity index (χ1) is 8.29. The van der Waals surface area contributed by atoms with Gasteiger partial charge < -0.3 is 16.0 Å². The third-order valence-electron chi connectivity index (χ3n) is 2.93. The van der Waals surface area contributed by atoms with E-state index in [1.807, 2.05) is 6.07 Å². The highest BCUT2D eigenvalue weighted by Gasteiger charge is 2.12. The Bertz CT molecular complexity index is 371. The van der Waals surface area contributed by atoms with Gasteiger partial charge in [0.05, 0.1) is 11.9 Å². The Morgan fingerprint density at radius 3 is 2.76 bits per heavy atom. The van der Waals surface area contributed by atoms with Crippen molar-refractivity contribution in [3.63, 3.8) is 0 Å². The minimum absolute atomic E-state index is 0.154. The third-order valence-corrected chi connectivity index (χ3v) is 2.93. The molecule has 0 aromatic carbocycles. The number of nitrogens with zero attached hydrogens (tertiary/aromatic N) is 1. The summed E-state index contributed by atoms with van der Waals surface area (Å²) >= 11 is 0. The zero-order valence-electron chi connectivity index (χ0n) is 9.99. The molecule has 2 rings (SSSR count). The van der Waals surface area contributed by atoms with Gasteiger partial charge in [0.1, 0.15) is 5.69 Å². The van der Waals surface area contributed by atoms with Crippen LogP contribution in [0.3, 0.4) is 0 Å². The molecule has 1 aliphatic heterocycles. The van der Waals surface area contributed by atoms with E-state index in [0.717, 1.165) is 31.6 Å². The molecule has 0 bridgehead atoms. The summed E-state index contributed by atoms with van der Waals surface area (Å²) in [4.78, 5) is 15.4. The van der Waals surface area contributed by atoms with E-state index >= 15 is 0 Å². The molecule has 0 saturated carbocycles. The van der Waals surface area contributed by atoms with Crippen molar-refractivity contribution >= 4 is 11.6 Å². The van der Waals surface area contributed by atoms with E-state index in [9.17, 15) is 4.79 Å². The number of amides is 1. The molecule has 1 aromatic rings. The number of anilines is 1. The van der Waals surface area contributed by atoms with Crippen molar-refractivity contribution in [2.45, 2.75) is 18.9 Å². The molecule has 0 aliphatic carbocycles. The third kappa shape index (κ3) is 3.17. The number of nitrogens with one attached hydrogen (secondary N) is 3. The summed E-state index contributed by atoms with van der Waals surface area (Å²) in [5.41, 5.74) is 1.42. The average Bonchev–Trinajstić information content (AvgIpc) is 2.40. The number of piperidine rings is 1. The number of hydrogen-bond donors (Lipinski definition) is 3. The quantitative estimate of drug-likeness (QED) is 0.716. The molecule has 3 N–H and O–H groups in total. The minimum Gasteiger partial charge on any atom is -0.381 e. The Labute approximate surface area is 101 Å². The lowest BCUT2D eigenvalue weighted by Crippen LogP contribution is -2.35. The summed E-state index contributed by atoms with van der Waals surface area (Å²) < 4.78 is 0. The van der Waals surface area contributed by atoms with E-state index in [1.165, 1.54) is 0 Å². The predicted octanol–water partition coefficient (Wildman–Crippen LogP) is 0.605. The number of pyridine rings is 1. The Balaban J connectivity index is 1.95. The lowest BCUT2D eigenvalue weighted by atomic mass is 10.1. The van der Waals surface area contributed by atoms with Crippen molar-refractivity contribution in [1.29, 1.82) is 0 Å². The fraction of sp³-hybridized carbons (Fsp3) is 0.500. The highest BCUT2D eigenvalue weighted by atomic mass is 16.1. The normalized spacial score (nSPS) is 16.5. The Hall–Kier alpha value is -1.62.